The highest BCUT2D eigenvalue weighted by Crippen LogP contribution is 2.27. The van der Waals surface area contributed by atoms with Crippen LogP contribution in [0.4, 0.5) is 5.69 Å². The molecule has 0 fully saturated rings. The summed E-state index contributed by atoms with van der Waals surface area (Å²) >= 11 is 0. The number of carbonyl (C=O) groups excluding carboxylic acids is 1. The highest BCUT2D eigenvalue weighted by molar-refractivity contribution is 5.85. The third kappa shape index (κ3) is 5.67. The summed E-state index contributed by atoms with van der Waals surface area (Å²) in [7, 11) is 1.87. The number of anilines is 1. The van der Waals surface area contributed by atoms with Crippen molar-refractivity contribution >= 4 is 36.4 Å². The molecule has 1 aliphatic heterocycles. The standard InChI is InChI=1S/C16H25N3O.2ClH/c1-13(12-17-2)16(20)18-9-5-10-19-11-8-14-6-3-4-7-15(14)19;;/h3-4,6-7,13,17H,5,8-12H2,1-2H3,(H,18,20);2*1H. The maximum absolute atomic E-state index is 11.8. The quantitative estimate of drug-likeness (QED) is 0.743. The first kappa shape index (κ1) is 21.0. The summed E-state index contributed by atoms with van der Waals surface area (Å²) in [5.74, 6) is 0.175. The summed E-state index contributed by atoms with van der Waals surface area (Å²) in [5.41, 5.74) is 2.81. The van der Waals surface area contributed by atoms with Crippen LogP contribution in [0, 0.1) is 5.92 Å². The Morgan fingerprint density at radius 3 is 2.77 bits per heavy atom. The number of halogens is 2. The molecule has 126 valence electrons. The molecular weight excluding hydrogens is 321 g/mol. The highest BCUT2D eigenvalue weighted by Gasteiger charge is 2.17. The van der Waals surface area contributed by atoms with Gasteiger partial charge in [0.25, 0.3) is 0 Å². The van der Waals surface area contributed by atoms with E-state index in [2.05, 4.69) is 39.8 Å². The van der Waals surface area contributed by atoms with Crippen molar-refractivity contribution in [1.29, 1.82) is 0 Å². The third-order valence-electron chi connectivity index (χ3n) is 3.85. The van der Waals surface area contributed by atoms with Gasteiger partial charge in [0.2, 0.25) is 5.91 Å². The maximum atomic E-state index is 11.8. The minimum atomic E-state index is 0. The fraction of sp³-hybridized carbons (Fsp3) is 0.562. The zero-order chi connectivity index (χ0) is 14.4. The third-order valence-corrected chi connectivity index (χ3v) is 3.85. The molecule has 2 rings (SSSR count). The summed E-state index contributed by atoms with van der Waals surface area (Å²) in [6.07, 6.45) is 2.13. The molecule has 1 unspecified atom stereocenters. The van der Waals surface area contributed by atoms with Crippen LogP contribution in [0.15, 0.2) is 24.3 Å². The molecule has 0 radical (unpaired) electrons. The number of hydrogen-bond donors (Lipinski definition) is 2. The van der Waals surface area contributed by atoms with Crippen molar-refractivity contribution in [3.8, 4) is 0 Å². The second kappa shape index (κ2) is 10.7. The Balaban J connectivity index is 0.00000220. The summed E-state index contributed by atoms with van der Waals surface area (Å²) in [5, 5.41) is 6.04. The lowest BCUT2D eigenvalue weighted by molar-refractivity contribution is -0.124. The van der Waals surface area contributed by atoms with Crippen molar-refractivity contribution < 1.29 is 4.79 Å². The van der Waals surface area contributed by atoms with Crippen molar-refractivity contribution in [1.82, 2.24) is 10.6 Å². The van der Waals surface area contributed by atoms with Crippen LogP contribution >= 0.6 is 24.8 Å². The minimum absolute atomic E-state index is 0. The monoisotopic (exact) mass is 347 g/mol. The first-order valence-electron chi connectivity index (χ1n) is 7.47. The Labute approximate surface area is 145 Å². The van der Waals surface area contributed by atoms with Crippen molar-refractivity contribution in [3.63, 3.8) is 0 Å². The average Bonchev–Trinajstić information content (AvgIpc) is 2.87. The van der Waals surface area contributed by atoms with E-state index < -0.39 is 0 Å². The Bertz CT molecular complexity index is 457. The minimum Gasteiger partial charge on any atom is -0.371 e. The van der Waals surface area contributed by atoms with Crippen LogP contribution in [0.2, 0.25) is 0 Å². The number of amides is 1. The molecule has 0 spiro atoms. The van der Waals surface area contributed by atoms with Crippen LogP contribution in [-0.4, -0.2) is 39.1 Å². The van der Waals surface area contributed by atoms with E-state index >= 15 is 0 Å². The summed E-state index contributed by atoms with van der Waals surface area (Å²) < 4.78 is 0. The molecule has 22 heavy (non-hydrogen) atoms. The lowest BCUT2D eigenvalue weighted by Gasteiger charge is -2.19. The molecule has 2 N–H and O–H groups in total. The molecule has 0 aliphatic carbocycles. The van der Waals surface area contributed by atoms with Crippen molar-refractivity contribution in [2.24, 2.45) is 5.92 Å². The van der Waals surface area contributed by atoms with E-state index in [4.69, 9.17) is 0 Å². The highest BCUT2D eigenvalue weighted by atomic mass is 35.5. The van der Waals surface area contributed by atoms with E-state index in [9.17, 15) is 4.79 Å². The second-order valence-corrected chi connectivity index (χ2v) is 5.47. The van der Waals surface area contributed by atoms with Gasteiger partial charge in [0.15, 0.2) is 0 Å². The number of nitrogens with one attached hydrogen (secondary N) is 2. The first-order chi connectivity index (χ1) is 9.72. The van der Waals surface area contributed by atoms with Gasteiger partial charge in [-0.15, -0.1) is 24.8 Å². The van der Waals surface area contributed by atoms with Gasteiger partial charge < -0.3 is 15.5 Å². The zero-order valence-corrected chi connectivity index (χ0v) is 14.9. The van der Waals surface area contributed by atoms with Gasteiger partial charge in [0.05, 0.1) is 0 Å². The van der Waals surface area contributed by atoms with E-state index in [-0.39, 0.29) is 36.6 Å². The van der Waals surface area contributed by atoms with Crippen LogP contribution < -0.4 is 15.5 Å². The SMILES string of the molecule is CNCC(C)C(=O)NCCCN1CCc2ccccc21.Cl.Cl. The predicted octanol–water partition coefficient (Wildman–Crippen LogP) is 2.25. The Hall–Kier alpha value is -0.970. The molecule has 0 bridgehead atoms. The van der Waals surface area contributed by atoms with Crippen LogP contribution in [-0.2, 0) is 11.2 Å². The van der Waals surface area contributed by atoms with Crippen molar-refractivity contribution in [2.75, 3.05) is 38.1 Å². The van der Waals surface area contributed by atoms with Gasteiger partial charge in [-0.05, 0) is 31.5 Å². The number of carbonyl (C=O) groups is 1. The van der Waals surface area contributed by atoms with Crippen molar-refractivity contribution in [3.05, 3.63) is 29.8 Å². The van der Waals surface area contributed by atoms with Gasteiger partial charge in [-0.1, -0.05) is 25.1 Å². The van der Waals surface area contributed by atoms with Gasteiger partial charge in [-0.3, -0.25) is 4.79 Å². The predicted molar refractivity (Wildman–Crippen MR) is 97.6 cm³/mol. The number of rotatable bonds is 7. The van der Waals surface area contributed by atoms with Gasteiger partial charge in [0, 0.05) is 37.8 Å². The molecule has 0 saturated heterocycles. The largest absolute Gasteiger partial charge is 0.371 e. The molecule has 4 nitrogen and oxygen atoms in total. The molecule has 1 aliphatic rings. The Kier molecular flexibility index (Phi) is 10.2. The zero-order valence-electron chi connectivity index (χ0n) is 13.3. The molecule has 6 heteroatoms. The van der Waals surface area contributed by atoms with Gasteiger partial charge in [0.1, 0.15) is 0 Å². The van der Waals surface area contributed by atoms with Gasteiger partial charge >= 0.3 is 0 Å². The normalized spacial score (nSPS) is 13.6. The summed E-state index contributed by atoms with van der Waals surface area (Å²) in [6.45, 7) is 5.54. The topological polar surface area (TPSA) is 44.4 Å². The molecule has 0 saturated carbocycles. The van der Waals surface area contributed by atoms with E-state index in [1.54, 1.807) is 0 Å². The van der Waals surface area contributed by atoms with E-state index in [1.165, 1.54) is 11.3 Å². The molecule has 1 amide bonds. The van der Waals surface area contributed by atoms with Crippen LogP contribution in [0.3, 0.4) is 0 Å². The fourth-order valence-electron chi connectivity index (χ4n) is 2.69. The molecule has 1 aromatic carbocycles. The summed E-state index contributed by atoms with van der Waals surface area (Å²) in [4.78, 5) is 14.2. The van der Waals surface area contributed by atoms with Crippen molar-refractivity contribution in [2.45, 2.75) is 19.8 Å². The number of hydrogen-bond acceptors (Lipinski definition) is 3. The lowest BCUT2D eigenvalue weighted by atomic mass is 10.1. The smallest absolute Gasteiger partial charge is 0.224 e. The molecule has 0 aromatic heterocycles. The second-order valence-electron chi connectivity index (χ2n) is 5.47. The number of nitrogens with zero attached hydrogens (tertiary/aromatic N) is 1. The summed E-state index contributed by atoms with van der Waals surface area (Å²) in [6, 6.07) is 8.59. The fourth-order valence-corrected chi connectivity index (χ4v) is 2.69. The lowest BCUT2D eigenvalue weighted by Crippen LogP contribution is -2.36. The number of para-hydroxylation sites is 1. The van der Waals surface area contributed by atoms with E-state index in [1.807, 2.05) is 14.0 Å². The Morgan fingerprint density at radius 1 is 1.32 bits per heavy atom. The molecule has 1 heterocycles. The van der Waals surface area contributed by atoms with E-state index in [0.717, 1.165) is 39.0 Å². The van der Waals surface area contributed by atoms with Crippen LogP contribution in [0.1, 0.15) is 18.9 Å². The molecule has 1 aromatic rings. The average molecular weight is 348 g/mol. The van der Waals surface area contributed by atoms with Gasteiger partial charge in [-0.2, -0.15) is 0 Å². The molecule has 1 atom stereocenters. The first-order valence-corrected chi connectivity index (χ1v) is 7.47. The molecular formula is C16H27Cl2N3O. The van der Waals surface area contributed by atoms with Gasteiger partial charge in [-0.25, -0.2) is 0 Å². The Morgan fingerprint density at radius 2 is 2.05 bits per heavy atom. The van der Waals surface area contributed by atoms with E-state index in [0.29, 0.717) is 0 Å². The number of fused-ring (bicyclic) bond motifs is 1. The number of benzene rings is 1. The van der Waals surface area contributed by atoms with Crippen LogP contribution in [0.25, 0.3) is 0 Å². The van der Waals surface area contributed by atoms with Crippen LogP contribution in [0.5, 0.6) is 0 Å². The maximum Gasteiger partial charge on any atom is 0.224 e.